The predicted octanol–water partition coefficient (Wildman–Crippen LogP) is 2.79. The lowest BCUT2D eigenvalue weighted by Crippen LogP contribution is -1.90. The van der Waals surface area contributed by atoms with Crippen LogP contribution < -0.4 is 0 Å². The van der Waals surface area contributed by atoms with Gasteiger partial charge < -0.3 is 10.0 Å². The summed E-state index contributed by atoms with van der Waals surface area (Å²) in [7, 11) is 0. The van der Waals surface area contributed by atoms with Gasteiger partial charge in [0.05, 0.1) is 0 Å². The Morgan fingerprint density at radius 2 is 1.80 bits per heavy atom. The Balaban J connectivity index is 3.11. The number of hydrogen-bond donors (Lipinski definition) is 2. The van der Waals surface area contributed by atoms with Gasteiger partial charge in [-0.1, -0.05) is 18.0 Å². The first-order chi connectivity index (χ1) is 7.27. The zero-order valence-electron chi connectivity index (χ0n) is 9.15. The van der Waals surface area contributed by atoms with E-state index < -0.39 is 0 Å². The van der Waals surface area contributed by atoms with E-state index >= 15 is 0 Å². The maximum absolute atomic E-state index is 8.13. The monoisotopic (exact) mass is 213 g/mol. The second-order valence-electron chi connectivity index (χ2n) is 3.23. The third-order valence-electron chi connectivity index (χ3n) is 1.76. The normalized spacial score (nSPS) is 11.3. The summed E-state index contributed by atoms with van der Waals surface area (Å²) in [5.41, 5.74) is 0. The summed E-state index contributed by atoms with van der Waals surface area (Å²) < 4.78 is 0. The zero-order chi connectivity index (χ0) is 11.4. The summed E-state index contributed by atoms with van der Waals surface area (Å²) in [6, 6.07) is 0. The topological polar surface area (TPSA) is 78.0 Å². The van der Waals surface area contributed by atoms with Crippen LogP contribution in [-0.4, -0.2) is 23.5 Å². The van der Waals surface area contributed by atoms with E-state index in [1.807, 2.05) is 0 Å². The number of nitrogens with one attached hydrogen (secondary N) is 1. The van der Waals surface area contributed by atoms with Crippen LogP contribution in [0.3, 0.4) is 0 Å². The molecule has 0 fully saturated rings. The molecule has 5 nitrogen and oxygen atoms in total. The number of nitrogens with zero attached hydrogens (tertiary/aromatic N) is 2. The standard InChI is InChI=1S/C10H19N3O2/c1-10(11)15-13-9-7-5-3-2-4-6-8-12-14/h8-9,11,14H,2-7H2,1H3/b11-10?,12-8+,13-9+. The van der Waals surface area contributed by atoms with Gasteiger partial charge in [-0.2, -0.15) is 0 Å². The fraction of sp³-hybridized carbons (Fsp3) is 0.700. The molecular formula is C10H19N3O2. The molecule has 0 aromatic rings. The number of rotatable bonds is 8. The Morgan fingerprint density at radius 3 is 2.33 bits per heavy atom. The molecule has 15 heavy (non-hydrogen) atoms. The highest BCUT2D eigenvalue weighted by atomic mass is 16.6. The average molecular weight is 213 g/mol. The van der Waals surface area contributed by atoms with Gasteiger partial charge in [0.1, 0.15) is 0 Å². The molecular weight excluding hydrogens is 194 g/mol. The van der Waals surface area contributed by atoms with E-state index in [-0.39, 0.29) is 5.90 Å². The SMILES string of the molecule is CC(=N)O/N=C/CCCCCC/C=N/O. The molecule has 0 radical (unpaired) electrons. The van der Waals surface area contributed by atoms with Crippen LogP contribution in [0, 0.1) is 5.41 Å². The van der Waals surface area contributed by atoms with Gasteiger partial charge in [0.2, 0.25) is 5.90 Å². The van der Waals surface area contributed by atoms with Crippen LogP contribution in [0.4, 0.5) is 0 Å². The summed E-state index contributed by atoms with van der Waals surface area (Å²) in [5.74, 6) is 0.106. The summed E-state index contributed by atoms with van der Waals surface area (Å²) in [4.78, 5) is 4.61. The summed E-state index contributed by atoms with van der Waals surface area (Å²) in [5, 5.41) is 21.6. The molecule has 86 valence electrons. The van der Waals surface area contributed by atoms with Crippen molar-refractivity contribution in [3.63, 3.8) is 0 Å². The Kier molecular flexibility index (Phi) is 9.70. The van der Waals surface area contributed by atoms with Crippen molar-refractivity contribution in [2.24, 2.45) is 10.3 Å². The van der Waals surface area contributed by atoms with E-state index in [0.29, 0.717) is 0 Å². The van der Waals surface area contributed by atoms with Crippen LogP contribution in [0.2, 0.25) is 0 Å². The van der Waals surface area contributed by atoms with Crippen molar-refractivity contribution in [1.82, 2.24) is 0 Å². The van der Waals surface area contributed by atoms with Gasteiger partial charge in [-0.05, 0) is 25.7 Å². The second kappa shape index (κ2) is 10.7. The first kappa shape index (κ1) is 13.6. The first-order valence-electron chi connectivity index (χ1n) is 5.17. The van der Waals surface area contributed by atoms with Crippen molar-refractivity contribution in [2.75, 3.05) is 0 Å². The molecule has 0 unspecified atom stereocenters. The van der Waals surface area contributed by atoms with Crippen molar-refractivity contribution >= 4 is 18.3 Å². The van der Waals surface area contributed by atoms with Gasteiger partial charge >= 0.3 is 0 Å². The molecule has 0 heterocycles. The second-order valence-corrected chi connectivity index (χ2v) is 3.23. The highest BCUT2D eigenvalue weighted by molar-refractivity contribution is 5.70. The molecule has 0 spiro atoms. The van der Waals surface area contributed by atoms with Crippen LogP contribution in [0.15, 0.2) is 10.3 Å². The Bertz CT molecular complexity index is 215. The molecule has 0 atom stereocenters. The third-order valence-corrected chi connectivity index (χ3v) is 1.76. The van der Waals surface area contributed by atoms with E-state index in [4.69, 9.17) is 10.6 Å². The molecule has 0 aliphatic carbocycles. The zero-order valence-corrected chi connectivity index (χ0v) is 9.15. The van der Waals surface area contributed by atoms with Gasteiger partial charge in [-0.15, -0.1) is 5.16 Å². The van der Waals surface area contributed by atoms with Gasteiger partial charge in [-0.3, -0.25) is 5.41 Å². The highest BCUT2D eigenvalue weighted by Crippen LogP contribution is 2.03. The largest absolute Gasteiger partial charge is 0.411 e. The highest BCUT2D eigenvalue weighted by Gasteiger charge is 1.88. The van der Waals surface area contributed by atoms with Crippen molar-refractivity contribution in [1.29, 1.82) is 5.41 Å². The molecule has 0 rings (SSSR count). The quantitative estimate of drug-likeness (QED) is 0.214. The van der Waals surface area contributed by atoms with Crippen LogP contribution in [0.1, 0.15) is 45.4 Å². The van der Waals surface area contributed by atoms with Crippen LogP contribution >= 0.6 is 0 Å². The molecule has 0 aromatic heterocycles. The molecule has 0 aliphatic rings. The lowest BCUT2D eigenvalue weighted by Gasteiger charge is -1.96. The molecule has 0 bridgehead atoms. The van der Waals surface area contributed by atoms with Gasteiger partial charge in [-0.25, -0.2) is 0 Å². The average Bonchev–Trinajstić information content (AvgIpc) is 2.20. The summed E-state index contributed by atoms with van der Waals surface area (Å²) in [6.45, 7) is 1.54. The van der Waals surface area contributed by atoms with Gasteiger partial charge in [0.15, 0.2) is 0 Å². The van der Waals surface area contributed by atoms with E-state index in [2.05, 4.69) is 15.1 Å². The third kappa shape index (κ3) is 12.6. The minimum Gasteiger partial charge on any atom is -0.411 e. The molecule has 5 heteroatoms. The maximum Gasteiger partial charge on any atom is 0.214 e. The molecule has 2 N–H and O–H groups in total. The minimum atomic E-state index is 0.106. The van der Waals surface area contributed by atoms with Crippen molar-refractivity contribution in [3.05, 3.63) is 0 Å². The molecule has 0 amide bonds. The minimum absolute atomic E-state index is 0.106. The lowest BCUT2D eigenvalue weighted by molar-refractivity contribution is 0.320. The van der Waals surface area contributed by atoms with E-state index in [0.717, 1.165) is 38.5 Å². The summed E-state index contributed by atoms with van der Waals surface area (Å²) in [6.07, 6.45) is 9.30. The van der Waals surface area contributed by atoms with E-state index in [1.165, 1.54) is 6.21 Å². The smallest absolute Gasteiger partial charge is 0.214 e. The van der Waals surface area contributed by atoms with Gasteiger partial charge in [0.25, 0.3) is 0 Å². The van der Waals surface area contributed by atoms with Crippen molar-refractivity contribution in [3.8, 4) is 0 Å². The van der Waals surface area contributed by atoms with Crippen LogP contribution in [0.25, 0.3) is 0 Å². The predicted molar refractivity (Wildman–Crippen MR) is 61.0 cm³/mol. The maximum atomic E-state index is 8.13. The Morgan fingerprint density at radius 1 is 1.20 bits per heavy atom. The molecule has 0 aromatic carbocycles. The molecule has 0 saturated heterocycles. The fourth-order valence-electron chi connectivity index (χ4n) is 1.05. The lowest BCUT2D eigenvalue weighted by atomic mass is 10.1. The van der Waals surface area contributed by atoms with E-state index in [1.54, 1.807) is 13.1 Å². The van der Waals surface area contributed by atoms with Crippen molar-refractivity contribution < 1.29 is 10.0 Å². The van der Waals surface area contributed by atoms with Crippen LogP contribution in [0.5, 0.6) is 0 Å². The van der Waals surface area contributed by atoms with Crippen LogP contribution in [-0.2, 0) is 4.84 Å². The summed E-state index contributed by atoms with van der Waals surface area (Å²) >= 11 is 0. The Hall–Kier alpha value is -1.39. The van der Waals surface area contributed by atoms with E-state index in [9.17, 15) is 0 Å². The molecule has 0 aliphatic heterocycles. The first-order valence-corrected chi connectivity index (χ1v) is 5.17. The Labute approximate surface area is 90.3 Å². The van der Waals surface area contributed by atoms with Crippen molar-refractivity contribution in [2.45, 2.75) is 45.4 Å². The number of hydrogen-bond acceptors (Lipinski definition) is 5. The fourth-order valence-corrected chi connectivity index (χ4v) is 1.05. The number of oxime groups is 2. The molecule has 0 saturated carbocycles. The van der Waals surface area contributed by atoms with Gasteiger partial charge in [0, 0.05) is 19.4 Å². The number of unbranched alkanes of at least 4 members (excludes halogenated alkanes) is 5.